The molecule has 0 aliphatic carbocycles. The number of pyridine rings is 1. The van der Waals surface area contributed by atoms with E-state index in [0.717, 1.165) is 5.69 Å². The van der Waals surface area contributed by atoms with Crippen molar-refractivity contribution < 1.29 is 9.53 Å². The molecule has 0 aromatic carbocycles. The van der Waals surface area contributed by atoms with Crippen LogP contribution in [0.25, 0.3) is 0 Å². The Kier molecular flexibility index (Phi) is 4.86. The zero-order chi connectivity index (χ0) is 12.8. The minimum atomic E-state index is -0.685. The largest absolute Gasteiger partial charge is 0.383 e. The summed E-state index contributed by atoms with van der Waals surface area (Å²) in [6, 6.07) is 2.91. The number of rotatable bonds is 5. The van der Waals surface area contributed by atoms with Gasteiger partial charge in [0.05, 0.1) is 18.5 Å². The number of nitrogens with two attached hydrogens (primary N) is 1. The van der Waals surface area contributed by atoms with Gasteiger partial charge in [0.1, 0.15) is 11.9 Å². The van der Waals surface area contributed by atoms with Crippen molar-refractivity contribution in [1.29, 1.82) is 0 Å². The first-order valence-corrected chi connectivity index (χ1v) is 5.23. The molecule has 0 radical (unpaired) electrons. The third kappa shape index (κ3) is 4.01. The third-order valence-electron chi connectivity index (χ3n) is 2.20. The van der Waals surface area contributed by atoms with E-state index in [1.165, 1.54) is 7.11 Å². The van der Waals surface area contributed by atoms with Gasteiger partial charge in [-0.25, -0.2) is 4.98 Å². The molecule has 0 aliphatic heterocycles. The summed E-state index contributed by atoms with van der Waals surface area (Å²) in [5, 5.41) is 2.62. The minimum absolute atomic E-state index is 0.182. The van der Waals surface area contributed by atoms with Crippen molar-refractivity contribution in [2.45, 2.75) is 6.04 Å². The average Bonchev–Trinajstić information content (AvgIpc) is 2.30. The van der Waals surface area contributed by atoms with Crippen LogP contribution in [0.4, 0.5) is 11.5 Å². The van der Waals surface area contributed by atoms with Gasteiger partial charge in [-0.2, -0.15) is 0 Å². The zero-order valence-corrected chi connectivity index (χ0v) is 10.3. The SMILES string of the molecule is COCC(N)C(=O)Nc1ccc(N(C)C)cn1. The van der Waals surface area contributed by atoms with Gasteiger partial charge in [0, 0.05) is 21.2 Å². The van der Waals surface area contributed by atoms with Crippen LogP contribution in [-0.2, 0) is 9.53 Å². The van der Waals surface area contributed by atoms with Crippen molar-refractivity contribution >= 4 is 17.4 Å². The van der Waals surface area contributed by atoms with Crippen molar-refractivity contribution in [3.05, 3.63) is 18.3 Å². The highest BCUT2D eigenvalue weighted by atomic mass is 16.5. The van der Waals surface area contributed by atoms with E-state index in [9.17, 15) is 4.79 Å². The number of nitrogens with one attached hydrogen (secondary N) is 1. The summed E-state index contributed by atoms with van der Waals surface area (Å²) in [7, 11) is 5.34. The van der Waals surface area contributed by atoms with Crippen molar-refractivity contribution in [2.24, 2.45) is 5.73 Å². The van der Waals surface area contributed by atoms with E-state index < -0.39 is 6.04 Å². The molecule has 0 saturated heterocycles. The van der Waals surface area contributed by atoms with Crippen LogP contribution in [-0.4, -0.2) is 44.7 Å². The van der Waals surface area contributed by atoms with E-state index in [1.54, 1.807) is 12.3 Å². The van der Waals surface area contributed by atoms with E-state index >= 15 is 0 Å². The smallest absolute Gasteiger partial charge is 0.244 e. The molecular formula is C11H18N4O2. The summed E-state index contributed by atoms with van der Waals surface area (Å²) in [4.78, 5) is 17.6. The maximum absolute atomic E-state index is 11.6. The lowest BCUT2D eigenvalue weighted by molar-refractivity contribution is -0.118. The second-order valence-corrected chi connectivity index (χ2v) is 3.85. The number of amides is 1. The normalized spacial score (nSPS) is 12.0. The number of ether oxygens (including phenoxy) is 1. The second-order valence-electron chi connectivity index (χ2n) is 3.85. The molecule has 6 nitrogen and oxygen atoms in total. The highest BCUT2D eigenvalue weighted by Crippen LogP contribution is 2.11. The molecule has 1 aromatic rings. The molecule has 1 amide bonds. The van der Waals surface area contributed by atoms with Gasteiger partial charge in [0.2, 0.25) is 5.91 Å². The van der Waals surface area contributed by atoms with Crippen LogP contribution in [0.15, 0.2) is 18.3 Å². The first-order chi connectivity index (χ1) is 8.04. The van der Waals surface area contributed by atoms with Gasteiger partial charge in [-0.15, -0.1) is 0 Å². The molecule has 17 heavy (non-hydrogen) atoms. The highest BCUT2D eigenvalue weighted by Gasteiger charge is 2.13. The maximum atomic E-state index is 11.6. The molecule has 94 valence electrons. The molecule has 1 aromatic heterocycles. The number of hydrogen-bond acceptors (Lipinski definition) is 5. The van der Waals surface area contributed by atoms with Gasteiger partial charge in [-0.3, -0.25) is 4.79 Å². The van der Waals surface area contributed by atoms with Crippen LogP contribution >= 0.6 is 0 Å². The zero-order valence-electron chi connectivity index (χ0n) is 10.3. The van der Waals surface area contributed by atoms with Gasteiger partial charge in [-0.05, 0) is 12.1 Å². The van der Waals surface area contributed by atoms with E-state index in [1.807, 2.05) is 25.1 Å². The second kappa shape index (κ2) is 6.17. The average molecular weight is 238 g/mol. The number of carbonyl (C=O) groups excluding carboxylic acids is 1. The lowest BCUT2D eigenvalue weighted by Gasteiger charge is -2.13. The Hall–Kier alpha value is -1.66. The summed E-state index contributed by atoms with van der Waals surface area (Å²) in [6.07, 6.45) is 1.68. The Morgan fingerprint density at radius 3 is 2.76 bits per heavy atom. The van der Waals surface area contributed by atoms with Crippen LogP contribution < -0.4 is 16.0 Å². The molecule has 1 rings (SSSR count). The third-order valence-corrected chi connectivity index (χ3v) is 2.20. The Morgan fingerprint density at radius 2 is 2.29 bits per heavy atom. The van der Waals surface area contributed by atoms with Gasteiger partial charge in [-0.1, -0.05) is 0 Å². The summed E-state index contributed by atoms with van der Waals surface area (Å²) in [6.45, 7) is 0.182. The Balaban J connectivity index is 2.60. The molecular weight excluding hydrogens is 220 g/mol. The predicted molar refractivity (Wildman–Crippen MR) is 67.0 cm³/mol. The van der Waals surface area contributed by atoms with E-state index in [-0.39, 0.29) is 12.5 Å². The number of anilines is 2. The standard InChI is InChI=1S/C11H18N4O2/c1-15(2)8-4-5-10(13-6-8)14-11(16)9(12)7-17-3/h4-6,9H,7,12H2,1-3H3,(H,13,14,16). The quantitative estimate of drug-likeness (QED) is 0.758. The van der Waals surface area contributed by atoms with E-state index in [0.29, 0.717) is 5.82 Å². The molecule has 0 fully saturated rings. The van der Waals surface area contributed by atoms with Crippen LogP contribution in [0.1, 0.15) is 0 Å². The molecule has 0 spiro atoms. The van der Waals surface area contributed by atoms with Crippen molar-refractivity contribution in [3.8, 4) is 0 Å². The first-order valence-electron chi connectivity index (χ1n) is 5.23. The minimum Gasteiger partial charge on any atom is -0.383 e. The highest BCUT2D eigenvalue weighted by molar-refractivity contribution is 5.94. The van der Waals surface area contributed by atoms with Crippen molar-refractivity contribution in [1.82, 2.24) is 4.98 Å². The predicted octanol–water partition coefficient (Wildman–Crippen LogP) is 0.0598. The number of aromatic nitrogens is 1. The van der Waals surface area contributed by atoms with Crippen molar-refractivity contribution in [2.75, 3.05) is 38.0 Å². The van der Waals surface area contributed by atoms with Crippen LogP contribution in [0.3, 0.4) is 0 Å². The number of methoxy groups -OCH3 is 1. The topological polar surface area (TPSA) is 80.5 Å². The van der Waals surface area contributed by atoms with Gasteiger partial charge >= 0.3 is 0 Å². The summed E-state index contributed by atoms with van der Waals surface area (Å²) >= 11 is 0. The van der Waals surface area contributed by atoms with E-state index in [4.69, 9.17) is 10.5 Å². The van der Waals surface area contributed by atoms with Crippen LogP contribution in [0.2, 0.25) is 0 Å². The molecule has 3 N–H and O–H groups in total. The molecule has 0 bridgehead atoms. The van der Waals surface area contributed by atoms with Crippen LogP contribution in [0, 0.1) is 0 Å². The molecule has 1 unspecified atom stereocenters. The summed E-state index contributed by atoms with van der Waals surface area (Å²) in [5.41, 5.74) is 6.54. The monoisotopic (exact) mass is 238 g/mol. The molecule has 1 heterocycles. The first kappa shape index (κ1) is 13.4. The molecule has 1 atom stereocenters. The lowest BCUT2D eigenvalue weighted by atomic mass is 10.3. The van der Waals surface area contributed by atoms with Gasteiger partial charge < -0.3 is 20.7 Å². The molecule has 0 aliphatic rings. The van der Waals surface area contributed by atoms with Gasteiger partial charge in [0.25, 0.3) is 0 Å². The lowest BCUT2D eigenvalue weighted by Crippen LogP contribution is -2.39. The van der Waals surface area contributed by atoms with Crippen molar-refractivity contribution in [3.63, 3.8) is 0 Å². The Morgan fingerprint density at radius 1 is 1.59 bits per heavy atom. The number of hydrogen-bond donors (Lipinski definition) is 2. The molecule has 6 heteroatoms. The Bertz CT molecular complexity index is 364. The van der Waals surface area contributed by atoms with Crippen LogP contribution in [0.5, 0.6) is 0 Å². The summed E-state index contributed by atoms with van der Waals surface area (Å²) in [5.74, 6) is 0.170. The maximum Gasteiger partial charge on any atom is 0.244 e. The fourth-order valence-electron chi connectivity index (χ4n) is 1.20. The number of carbonyl (C=O) groups is 1. The number of nitrogens with zero attached hydrogens (tertiary/aromatic N) is 2. The Labute approximate surface area is 101 Å². The van der Waals surface area contributed by atoms with E-state index in [2.05, 4.69) is 10.3 Å². The van der Waals surface area contributed by atoms with Gasteiger partial charge in [0.15, 0.2) is 0 Å². The fraction of sp³-hybridized carbons (Fsp3) is 0.455. The summed E-state index contributed by atoms with van der Waals surface area (Å²) < 4.78 is 4.80. The molecule has 0 saturated carbocycles. The fourth-order valence-corrected chi connectivity index (χ4v) is 1.20.